The van der Waals surface area contributed by atoms with Gasteiger partial charge in [-0.3, -0.25) is 9.69 Å². The van der Waals surface area contributed by atoms with Gasteiger partial charge in [-0.05, 0) is 66.6 Å². The Bertz CT molecular complexity index is 1530. The molecule has 2 aromatic carbocycles. The molecule has 5 rings (SSSR count). The van der Waals surface area contributed by atoms with E-state index in [2.05, 4.69) is 9.73 Å². The molecule has 4 aromatic rings. The Labute approximate surface area is 223 Å². The smallest absolute Gasteiger partial charge is 0.387 e. The van der Waals surface area contributed by atoms with Gasteiger partial charge in [-0.25, -0.2) is 9.98 Å². The third kappa shape index (κ3) is 5.40. The maximum absolute atomic E-state index is 13.5. The maximum atomic E-state index is 13.5. The lowest BCUT2D eigenvalue weighted by molar-refractivity contribution is -0.113. The van der Waals surface area contributed by atoms with E-state index < -0.39 is 6.61 Å². The SMILES string of the molecule is Cc1cccn2cc(CSC3=N/C(=C\c4ccc(N(C)C)cc4)C(=O)N3c3ccc(OC(F)F)cc3)nc12. The summed E-state index contributed by atoms with van der Waals surface area (Å²) in [5.41, 5.74) is 5.45. The van der Waals surface area contributed by atoms with Gasteiger partial charge in [0.25, 0.3) is 5.91 Å². The Morgan fingerprint density at radius 3 is 2.47 bits per heavy atom. The number of anilines is 2. The van der Waals surface area contributed by atoms with Crippen LogP contribution in [-0.4, -0.2) is 41.2 Å². The monoisotopic (exact) mass is 533 g/mol. The molecule has 0 unspecified atom stereocenters. The normalized spacial score (nSPS) is 14.6. The van der Waals surface area contributed by atoms with Crippen molar-refractivity contribution in [3.63, 3.8) is 0 Å². The average Bonchev–Trinajstić information content (AvgIpc) is 3.45. The number of nitrogens with zero attached hydrogens (tertiary/aromatic N) is 5. The Hall–Kier alpha value is -4.18. The Morgan fingerprint density at radius 2 is 1.82 bits per heavy atom. The van der Waals surface area contributed by atoms with Gasteiger partial charge in [-0.15, -0.1) is 0 Å². The number of hydrogen-bond acceptors (Lipinski definition) is 6. The third-order valence-corrected chi connectivity index (χ3v) is 6.91. The average molecular weight is 534 g/mol. The molecule has 0 aliphatic carbocycles. The molecule has 0 spiro atoms. The Balaban J connectivity index is 1.44. The molecule has 3 heterocycles. The van der Waals surface area contributed by atoms with Crippen LogP contribution in [0.5, 0.6) is 5.75 Å². The van der Waals surface area contributed by atoms with Gasteiger partial charge in [0.2, 0.25) is 0 Å². The molecular weight excluding hydrogens is 508 g/mol. The topological polar surface area (TPSA) is 62.4 Å². The van der Waals surface area contributed by atoms with Gasteiger partial charge < -0.3 is 14.0 Å². The van der Waals surface area contributed by atoms with E-state index in [-0.39, 0.29) is 17.4 Å². The van der Waals surface area contributed by atoms with E-state index in [0.717, 1.165) is 28.2 Å². The fourth-order valence-electron chi connectivity index (χ4n) is 4.04. The van der Waals surface area contributed by atoms with E-state index in [1.807, 2.05) is 79.1 Å². The number of thioether (sulfide) groups is 1. The fourth-order valence-corrected chi connectivity index (χ4v) is 4.93. The molecule has 0 N–H and O–H groups in total. The number of amidine groups is 1. The molecule has 0 radical (unpaired) electrons. The molecule has 1 aliphatic rings. The second-order valence-corrected chi connectivity index (χ2v) is 9.81. The number of halogens is 2. The van der Waals surface area contributed by atoms with Crippen molar-refractivity contribution in [3.05, 3.63) is 95.6 Å². The summed E-state index contributed by atoms with van der Waals surface area (Å²) in [5.74, 6) is 0.192. The van der Waals surface area contributed by atoms with E-state index in [0.29, 0.717) is 16.6 Å². The molecule has 38 heavy (non-hydrogen) atoms. The van der Waals surface area contributed by atoms with Crippen molar-refractivity contribution < 1.29 is 18.3 Å². The van der Waals surface area contributed by atoms with Crippen molar-refractivity contribution in [3.8, 4) is 5.75 Å². The summed E-state index contributed by atoms with van der Waals surface area (Å²) in [6.07, 6.45) is 5.64. The fraction of sp³-hybridized carbons (Fsp3) is 0.179. The van der Waals surface area contributed by atoms with Crippen molar-refractivity contribution >= 4 is 45.9 Å². The molecule has 10 heteroatoms. The summed E-state index contributed by atoms with van der Waals surface area (Å²) >= 11 is 1.38. The second-order valence-electron chi connectivity index (χ2n) is 8.87. The molecule has 1 amide bonds. The molecule has 0 bridgehead atoms. The minimum Gasteiger partial charge on any atom is -0.435 e. The van der Waals surface area contributed by atoms with Gasteiger partial charge >= 0.3 is 6.61 Å². The lowest BCUT2D eigenvalue weighted by Gasteiger charge is -2.18. The zero-order chi connectivity index (χ0) is 26.8. The standard InChI is InChI=1S/C28H25F2N5O2S/c1-18-5-4-14-34-16-20(31-25(18)34)17-38-28-32-24(15-19-6-8-21(9-7-19)33(2)3)26(36)35(28)22-10-12-23(13-11-22)37-27(29)30/h4-16,27H,17H2,1-3H3/b24-15-. The highest BCUT2D eigenvalue weighted by Gasteiger charge is 2.32. The van der Waals surface area contributed by atoms with Crippen molar-refractivity contribution in [1.82, 2.24) is 9.38 Å². The number of aryl methyl sites for hydroxylation is 1. The number of pyridine rings is 1. The molecule has 1 aliphatic heterocycles. The number of carbonyl (C=O) groups excluding carboxylic acids is 1. The molecule has 194 valence electrons. The molecule has 7 nitrogen and oxygen atoms in total. The summed E-state index contributed by atoms with van der Waals surface area (Å²) in [5, 5.41) is 0.475. The van der Waals surface area contributed by atoms with E-state index in [1.54, 1.807) is 18.2 Å². The zero-order valence-electron chi connectivity index (χ0n) is 21.0. The number of aliphatic imine (C=N–C) groups is 1. The molecule has 0 atom stereocenters. The predicted molar refractivity (Wildman–Crippen MR) is 148 cm³/mol. The largest absolute Gasteiger partial charge is 0.435 e. The van der Waals surface area contributed by atoms with E-state index in [4.69, 9.17) is 4.98 Å². The van der Waals surface area contributed by atoms with Crippen LogP contribution >= 0.6 is 11.8 Å². The number of amides is 1. The van der Waals surface area contributed by atoms with Crippen molar-refractivity contribution in [2.24, 2.45) is 4.99 Å². The summed E-state index contributed by atoms with van der Waals surface area (Å²) in [4.78, 5) is 26.4. The highest BCUT2D eigenvalue weighted by molar-refractivity contribution is 8.13. The second kappa shape index (κ2) is 10.7. The lowest BCUT2D eigenvalue weighted by atomic mass is 10.1. The number of ether oxygens (including phenoxy) is 1. The van der Waals surface area contributed by atoms with Crippen molar-refractivity contribution in [2.45, 2.75) is 19.3 Å². The maximum Gasteiger partial charge on any atom is 0.387 e. The molecular formula is C28H25F2N5O2S. The first-order chi connectivity index (χ1) is 18.3. The third-order valence-electron chi connectivity index (χ3n) is 5.94. The molecule has 0 saturated heterocycles. The van der Waals surface area contributed by atoms with Gasteiger partial charge in [0.05, 0.1) is 11.4 Å². The number of rotatable bonds is 7. The van der Waals surface area contributed by atoms with Crippen LogP contribution in [-0.2, 0) is 10.5 Å². The highest BCUT2D eigenvalue weighted by Crippen LogP contribution is 2.32. The number of fused-ring (bicyclic) bond motifs is 1. The van der Waals surface area contributed by atoms with Crippen LogP contribution in [0, 0.1) is 6.92 Å². The quantitative estimate of drug-likeness (QED) is 0.273. The minimum atomic E-state index is -2.93. The van der Waals surface area contributed by atoms with Crippen LogP contribution in [0.4, 0.5) is 20.2 Å². The van der Waals surface area contributed by atoms with Crippen molar-refractivity contribution in [2.75, 3.05) is 23.9 Å². The van der Waals surface area contributed by atoms with Crippen LogP contribution in [0.3, 0.4) is 0 Å². The van der Waals surface area contributed by atoms with Gasteiger partial charge in [-0.1, -0.05) is 30.0 Å². The zero-order valence-corrected chi connectivity index (χ0v) is 21.8. The lowest BCUT2D eigenvalue weighted by Crippen LogP contribution is -2.30. The summed E-state index contributed by atoms with van der Waals surface area (Å²) in [7, 11) is 3.92. The minimum absolute atomic E-state index is 0.0124. The predicted octanol–water partition coefficient (Wildman–Crippen LogP) is 5.99. The van der Waals surface area contributed by atoms with Gasteiger partial charge in [0, 0.05) is 37.9 Å². The van der Waals surface area contributed by atoms with E-state index in [9.17, 15) is 13.6 Å². The highest BCUT2D eigenvalue weighted by atomic mass is 32.2. The summed E-state index contributed by atoms with van der Waals surface area (Å²) in [6, 6.07) is 17.7. The Morgan fingerprint density at radius 1 is 1.08 bits per heavy atom. The van der Waals surface area contributed by atoms with Crippen LogP contribution in [0.1, 0.15) is 16.8 Å². The summed E-state index contributed by atoms with van der Waals surface area (Å²) < 4.78 is 31.6. The first-order valence-electron chi connectivity index (χ1n) is 11.8. The van der Waals surface area contributed by atoms with Crippen LogP contribution in [0.25, 0.3) is 11.7 Å². The van der Waals surface area contributed by atoms with Crippen LogP contribution in [0.2, 0.25) is 0 Å². The molecule has 2 aromatic heterocycles. The number of benzene rings is 2. The van der Waals surface area contributed by atoms with Crippen LogP contribution in [0.15, 0.2) is 83.7 Å². The first-order valence-corrected chi connectivity index (χ1v) is 12.8. The number of hydrogen-bond donors (Lipinski definition) is 0. The van der Waals surface area contributed by atoms with Gasteiger partial charge in [-0.2, -0.15) is 8.78 Å². The van der Waals surface area contributed by atoms with Crippen LogP contribution < -0.4 is 14.5 Å². The Kier molecular flexibility index (Phi) is 7.15. The first kappa shape index (κ1) is 25.5. The number of imidazole rings is 1. The van der Waals surface area contributed by atoms with Gasteiger partial charge in [0.15, 0.2) is 5.17 Å². The number of aromatic nitrogens is 2. The van der Waals surface area contributed by atoms with E-state index in [1.165, 1.54) is 28.8 Å². The van der Waals surface area contributed by atoms with Gasteiger partial charge in [0.1, 0.15) is 17.1 Å². The summed E-state index contributed by atoms with van der Waals surface area (Å²) in [6.45, 7) is -0.922. The molecule has 0 fully saturated rings. The number of alkyl halides is 2. The number of carbonyl (C=O) groups is 1. The molecule has 0 saturated carbocycles. The van der Waals surface area contributed by atoms with Crippen molar-refractivity contribution in [1.29, 1.82) is 0 Å². The van der Waals surface area contributed by atoms with E-state index >= 15 is 0 Å².